The van der Waals surface area contributed by atoms with E-state index in [1.165, 1.54) is 10.9 Å². The van der Waals surface area contributed by atoms with E-state index >= 15 is 0 Å². The van der Waals surface area contributed by atoms with Crippen LogP contribution >= 0.6 is 0 Å². The molecule has 1 heterocycles. The Kier molecular flexibility index (Phi) is 5.94. The number of carbonyl (C=O) groups excluding carboxylic acids is 1. The SMILES string of the molecule is COc1cccc(C(=O)NC[C@@H](c2ccc(N(C)C)cc2)c2c[nH]c3ccccc23)c1. The van der Waals surface area contributed by atoms with Crippen molar-refractivity contribution in [2.45, 2.75) is 5.92 Å². The van der Waals surface area contributed by atoms with Crippen molar-refractivity contribution < 1.29 is 9.53 Å². The van der Waals surface area contributed by atoms with Crippen LogP contribution in [-0.2, 0) is 0 Å². The number of aromatic amines is 1. The van der Waals surface area contributed by atoms with Gasteiger partial charge in [0.25, 0.3) is 5.91 Å². The molecule has 5 nitrogen and oxygen atoms in total. The number of nitrogens with one attached hydrogen (secondary N) is 2. The van der Waals surface area contributed by atoms with Crippen LogP contribution in [0.5, 0.6) is 5.75 Å². The van der Waals surface area contributed by atoms with Gasteiger partial charge in [-0.15, -0.1) is 0 Å². The van der Waals surface area contributed by atoms with Crippen LogP contribution in [0.25, 0.3) is 10.9 Å². The third kappa shape index (κ3) is 4.40. The highest BCUT2D eigenvalue weighted by atomic mass is 16.5. The summed E-state index contributed by atoms with van der Waals surface area (Å²) in [6.07, 6.45) is 2.05. The summed E-state index contributed by atoms with van der Waals surface area (Å²) in [5.41, 5.74) is 5.13. The number of hydrogen-bond acceptors (Lipinski definition) is 3. The molecule has 0 aliphatic heterocycles. The first kappa shape index (κ1) is 20.5. The molecule has 0 saturated heterocycles. The minimum atomic E-state index is -0.117. The van der Waals surface area contributed by atoms with Gasteiger partial charge in [-0.3, -0.25) is 4.79 Å². The van der Waals surface area contributed by atoms with E-state index in [1.807, 2.05) is 44.6 Å². The zero-order valence-electron chi connectivity index (χ0n) is 18.1. The van der Waals surface area contributed by atoms with Gasteiger partial charge < -0.3 is 19.9 Å². The van der Waals surface area contributed by atoms with Gasteiger partial charge in [-0.05, 0) is 47.5 Å². The van der Waals surface area contributed by atoms with Gasteiger partial charge in [0.15, 0.2) is 0 Å². The highest BCUT2D eigenvalue weighted by Gasteiger charge is 2.20. The van der Waals surface area contributed by atoms with Gasteiger partial charge >= 0.3 is 0 Å². The second-order valence-electron chi connectivity index (χ2n) is 7.77. The van der Waals surface area contributed by atoms with E-state index in [4.69, 9.17) is 4.74 Å². The molecule has 0 aliphatic carbocycles. The molecule has 0 radical (unpaired) electrons. The number of benzene rings is 3. The van der Waals surface area contributed by atoms with Crippen LogP contribution in [0.4, 0.5) is 5.69 Å². The van der Waals surface area contributed by atoms with Crippen LogP contribution in [0.2, 0.25) is 0 Å². The van der Waals surface area contributed by atoms with Gasteiger partial charge in [0, 0.05) is 54.9 Å². The molecule has 4 rings (SSSR count). The summed E-state index contributed by atoms with van der Waals surface area (Å²) in [6, 6.07) is 24.0. The molecular weight excluding hydrogens is 386 g/mol. The third-order valence-electron chi connectivity index (χ3n) is 5.61. The summed E-state index contributed by atoms with van der Waals surface area (Å²) in [4.78, 5) is 18.3. The van der Waals surface area contributed by atoms with Crippen molar-refractivity contribution in [1.82, 2.24) is 10.3 Å². The minimum absolute atomic E-state index is 0.0157. The van der Waals surface area contributed by atoms with Gasteiger partial charge in [-0.25, -0.2) is 0 Å². The molecule has 0 fully saturated rings. The first-order valence-electron chi connectivity index (χ1n) is 10.3. The van der Waals surface area contributed by atoms with Gasteiger partial charge in [0.1, 0.15) is 5.75 Å². The lowest BCUT2D eigenvalue weighted by Gasteiger charge is -2.20. The Balaban J connectivity index is 1.64. The minimum Gasteiger partial charge on any atom is -0.497 e. The Hall–Kier alpha value is -3.73. The normalized spacial score (nSPS) is 11.8. The predicted molar refractivity (Wildman–Crippen MR) is 126 cm³/mol. The molecular formula is C26H27N3O2. The average Bonchev–Trinajstić information content (AvgIpc) is 3.23. The number of methoxy groups -OCH3 is 1. The number of aromatic nitrogens is 1. The number of H-pyrrole nitrogens is 1. The molecule has 4 aromatic rings. The summed E-state index contributed by atoms with van der Waals surface area (Å²) in [5, 5.41) is 4.29. The number of carbonyl (C=O) groups is 1. The number of amides is 1. The van der Waals surface area contributed by atoms with E-state index in [0.29, 0.717) is 17.9 Å². The Labute approximate surface area is 182 Å². The smallest absolute Gasteiger partial charge is 0.251 e. The summed E-state index contributed by atoms with van der Waals surface area (Å²) in [6.45, 7) is 0.485. The van der Waals surface area contributed by atoms with E-state index in [9.17, 15) is 4.79 Å². The first-order valence-corrected chi connectivity index (χ1v) is 10.3. The van der Waals surface area contributed by atoms with Crippen LogP contribution in [-0.4, -0.2) is 38.6 Å². The molecule has 3 aromatic carbocycles. The van der Waals surface area contributed by atoms with Crippen molar-refractivity contribution in [1.29, 1.82) is 0 Å². The number of rotatable bonds is 7. The van der Waals surface area contributed by atoms with Crippen LogP contribution in [0.3, 0.4) is 0 Å². The van der Waals surface area contributed by atoms with Gasteiger partial charge in [0.2, 0.25) is 0 Å². The Morgan fingerprint density at radius 1 is 1.03 bits per heavy atom. The molecule has 31 heavy (non-hydrogen) atoms. The maximum Gasteiger partial charge on any atom is 0.251 e. The van der Waals surface area contributed by atoms with Crippen molar-refractivity contribution in [3.8, 4) is 5.75 Å². The van der Waals surface area contributed by atoms with Crippen molar-refractivity contribution in [2.75, 3.05) is 32.6 Å². The van der Waals surface area contributed by atoms with E-state index in [2.05, 4.69) is 51.6 Å². The number of hydrogen-bond donors (Lipinski definition) is 2. The fraction of sp³-hybridized carbons (Fsp3) is 0.192. The van der Waals surface area contributed by atoms with Crippen LogP contribution in [0.15, 0.2) is 79.0 Å². The molecule has 158 valence electrons. The lowest BCUT2D eigenvalue weighted by Crippen LogP contribution is -2.29. The topological polar surface area (TPSA) is 57.4 Å². The summed E-state index contributed by atoms with van der Waals surface area (Å²) < 4.78 is 5.25. The molecule has 1 atom stereocenters. The van der Waals surface area contributed by atoms with Gasteiger partial charge in [-0.2, -0.15) is 0 Å². The largest absolute Gasteiger partial charge is 0.497 e. The monoisotopic (exact) mass is 413 g/mol. The van der Waals surface area contributed by atoms with E-state index in [0.717, 1.165) is 16.8 Å². The van der Waals surface area contributed by atoms with Crippen LogP contribution in [0, 0.1) is 0 Å². The first-order chi connectivity index (χ1) is 15.1. The molecule has 0 saturated carbocycles. The maximum absolute atomic E-state index is 12.8. The fourth-order valence-corrected chi connectivity index (χ4v) is 3.86. The fourth-order valence-electron chi connectivity index (χ4n) is 3.86. The quantitative estimate of drug-likeness (QED) is 0.457. The lowest BCUT2D eigenvalue weighted by atomic mass is 9.90. The second kappa shape index (κ2) is 8.96. The average molecular weight is 414 g/mol. The molecule has 0 unspecified atom stereocenters. The molecule has 1 amide bonds. The van der Waals surface area contributed by atoms with Crippen molar-refractivity contribution >= 4 is 22.5 Å². The van der Waals surface area contributed by atoms with E-state index in [-0.39, 0.29) is 11.8 Å². The van der Waals surface area contributed by atoms with E-state index in [1.54, 1.807) is 19.2 Å². The Bertz CT molecular complexity index is 1180. The molecule has 0 aliphatic rings. The van der Waals surface area contributed by atoms with Crippen LogP contribution < -0.4 is 15.0 Å². The number of para-hydroxylation sites is 1. The number of anilines is 1. The second-order valence-corrected chi connectivity index (χ2v) is 7.77. The van der Waals surface area contributed by atoms with Crippen molar-refractivity contribution in [3.63, 3.8) is 0 Å². The van der Waals surface area contributed by atoms with Crippen LogP contribution in [0.1, 0.15) is 27.4 Å². The Morgan fingerprint density at radius 3 is 2.55 bits per heavy atom. The van der Waals surface area contributed by atoms with Gasteiger partial charge in [0.05, 0.1) is 7.11 Å². The lowest BCUT2D eigenvalue weighted by molar-refractivity contribution is 0.0952. The Morgan fingerprint density at radius 2 is 1.81 bits per heavy atom. The molecule has 0 spiro atoms. The number of nitrogens with zero attached hydrogens (tertiary/aromatic N) is 1. The summed E-state index contributed by atoms with van der Waals surface area (Å²) in [5.74, 6) is 0.565. The number of ether oxygens (including phenoxy) is 1. The molecule has 2 N–H and O–H groups in total. The van der Waals surface area contributed by atoms with E-state index < -0.39 is 0 Å². The number of fused-ring (bicyclic) bond motifs is 1. The van der Waals surface area contributed by atoms with Gasteiger partial charge in [-0.1, -0.05) is 36.4 Å². The van der Waals surface area contributed by atoms with Crippen molar-refractivity contribution in [2.24, 2.45) is 0 Å². The van der Waals surface area contributed by atoms with Crippen molar-refractivity contribution in [3.05, 3.63) is 95.7 Å². The zero-order chi connectivity index (χ0) is 21.8. The maximum atomic E-state index is 12.8. The predicted octanol–water partition coefficient (Wildman–Crippen LogP) is 4.80. The highest BCUT2D eigenvalue weighted by Crippen LogP contribution is 2.31. The third-order valence-corrected chi connectivity index (χ3v) is 5.61. The zero-order valence-corrected chi connectivity index (χ0v) is 18.1. The molecule has 1 aromatic heterocycles. The molecule has 0 bridgehead atoms. The standard InChI is InChI=1S/C26H27N3O2/c1-29(2)20-13-11-18(12-14-20)23(24-17-27-25-10-5-4-9-22(24)25)16-28-26(30)19-7-6-8-21(15-19)31-3/h4-15,17,23,27H,16H2,1-3H3,(H,28,30)/t23-/m0/s1. The molecule has 5 heteroatoms. The summed E-state index contributed by atoms with van der Waals surface area (Å²) >= 11 is 0. The summed E-state index contributed by atoms with van der Waals surface area (Å²) in [7, 11) is 5.66. The highest BCUT2D eigenvalue weighted by molar-refractivity contribution is 5.94.